The molecule has 0 aromatic heterocycles. The predicted octanol–water partition coefficient (Wildman–Crippen LogP) is 0.139. The van der Waals surface area contributed by atoms with Gasteiger partial charge in [-0.05, 0) is 13.5 Å². The molecule has 102 valence electrons. The largest absolute Gasteiger partial charge is 0.381 e. The van der Waals surface area contributed by atoms with E-state index in [4.69, 9.17) is 9.47 Å². The van der Waals surface area contributed by atoms with Gasteiger partial charge in [0, 0.05) is 32.7 Å². The second-order valence-electron chi connectivity index (χ2n) is 4.16. The Morgan fingerprint density at radius 1 is 1.59 bits per heavy atom. The summed E-state index contributed by atoms with van der Waals surface area (Å²) in [5.74, 6) is 0.504. The number of nitrogens with one attached hydrogen (secondary N) is 1. The first-order valence-corrected chi connectivity index (χ1v) is 5.78. The fourth-order valence-corrected chi connectivity index (χ4v) is 1.54. The van der Waals surface area contributed by atoms with Crippen molar-refractivity contribution in [2.45, 2.75) is 6.42 Å². The maximum Gasteiger partial charge on any atom is 0.248 e. The average molecular weight is 267 g/mol. The molecule has 1 N–H and O–H groups in total. The summed E-state index contributed by atoms with van der Waals surface area (Å²) in [6, 6.07) is 0. The summed E-state index contributed by atoms with van der Waals surface area (Å²) in [5, 5.41) is 3.00. The van der Waals surface area contributed by atoms with Gasteiger partial charge >= 0.3 is 0 Å². The molecule has 1 aliphatic rings. The fourth-order valence-electron chi connectivity index (χ4n) is 1.54. The third-order valence-electron chi connectivity index (χ3n) is 2.73. The first-order chi connectivity index (χ1) is 7.74. The number of rotatable bonds is 7. The lowest BCUT2D eigenvalue weighted by Gasteiger charge is -2.17. The van der Waals surface area contributed by atoms with Gasteiger partial charge in [-0.1, -0.05) is 0 Å². The first kappa shape index (κ1) is 16.6. The molecule has 0 aromatic carbocycles. The molecule has 1 amide bonds. The maximum atomic E-state index is 11.6. The van der Waals surface area contributed by atoms with Gasteiger partial charge in [0.2, 0.25) is 5.91 Å². The Kier molecular flexibility index (Phi) is 9.44. The molecule has 1 aliphatic heterocycles. The minimum atomic E-state index is 0. The summed E-state index contributed by atoms with van der Waals surface area (Å²) in [7, 11) is 3.66. The highest BCUT2D eigenvalue weighted by atomic mass is 35.5. The lowest BCUT2D eigenvalue weighted by atomic mass is 10.1. The Labute approximate surface area is 109 Å². The van der Waals surface area contributed by atoms with Crippen LogP contribution in [0.15, 0.2) is 0 Å². The number of carbonyl (C=O) groups excluding carboxylic acids is 1. The lowest BCUT2D eigenvalue weighted by Crippen LogP contribution is -2.35. The Morgan fingerprint density at radius 3 is 2.94 bits per heavy atom. The molecule has 1 heterocycles. The first-order valence-electron chi connectivity index (χ1n) is 5.78. The van der Waals surface area contributed by atoms with E-state index in [9.17, 15) is 4.79 Å². The molecule has 0 aliphatic carbocycles. The van der Waals surface area contributed by atoms with E-state index in [0.29, 0.717) is 19.1 Å². The third kappa shape index (κ3) is 6.83. The zero-order valence-corrected chi connectivity index (χ0v) is 11.4. The van der Waals surface area contributed by atoms with Crippen LogP contribution in [0.2, 0.25) is 0 Å². The van der Waals surface area contributed by atoms with Crippen molar-refractivity contribution in [2.24, 2.45) is 5.92 Å². The van der Waals surface area contributed by atoms with Gasteiger partial charge in [0.15, 0.2) is 0 Å². The number of nitrogens with zero attached hydrogens (tertiary/aromatic N) is 1. The van der Waals surface area contributed by atoms with Crippen LogP contribution in [0.25, 0.3) is 0 Å². The van der Waals surface area contributed by atoms with E-state index in [1.54, 1.807) is 11.9 Å². The van der Waals surface area contributed by atoms with Crippen molar-refractivity contribution in [2.75, 3.05) is 53.6 Å². The van der Waals surface area contributed by atoms with Crippen LogP contribution in [0.1, 0.15) is 6.42 Å². The van der Waals surface area contributed by atoms with Gasteiger partial charge in [-0.15, -0.1) is 12.4 Å². The highest BCUT2D eigenvalue weighted by Crippen LogP contribution is 2.12. The summed E-state index contributed by atoms with van der Waals surface area (Å²) in [5.41, 5.74) is 0. The highest BCUT2D eigenvalue weighted by molar-refractivity contribution is 5.85. The maximum absolute atomic E-state index is 11.6. The molecule has 1 unspecified atom stereocenters. The summed E-state index contributed by atoms with van der Waals surface area (Å²) in [6.07, 6.45) is 1.05. The van der Waals surface area contributed by atoms with Crippen molar-refractivity contribution < 1.29 is 14.3 Å². The zero-order chi connectivity index (χ0) is 11.8. The Bertz CT molecular complexity index is 211. The predicted molar refractivity (Wildman–Crippen MR) is 68.6 cm³/mol. The van der Waals surface area contributed by atoms with Crippen LogP contribution in [0.5, 0.6) is 0 Å². The van der Waals surface area contributed by atoms with E-state index < -0.39 is 0 Å². The molecule has 0 aromatic rings. The van der Waals surface area contributed by atoms with Crippen LogP contribution in [-0.4, -0.2) is 64.4 Å². The zero-order valence-electron chi connectivity index (χ0n) is 10.6. The SMILES string of the molecule is CNCCN(C)C(=O)COCC1CCOC1.Cl. The van der Waals surface area contributed by atoms with Gasteiger partial charge < -0.3 is 19.7 Å². The monoisotopic (exact) mass is 266 g/mol. The summed E-state index contributed by atoms with van der Waals surface area (Å²) >= 11 is 0. The number of hydrogen-bond donors (Lipinski definition) is 1. The van der Waals surface area contributed by atoms with E-state index in [2.05, 4.69) is 5.32 Å². The molecule has 0 bridgehead atoms. The Hall–Kier alpha value is -0.360. The molecule has 1 fully saturated rings. The molecule has 17 heavy (non-hydrogen) atoms. The van der Waals surface area contributed by atoms with Crippen molar-refractivity contribution in [3.63, 3.8) is 0 Å². The lowest BCUT2D eigenvalue weighted by molar-refractivity contribution is -0.135. The molecular formula is C11H23ClN2O3. The molecule has 1 saturated heterocycles. The van der Waals surface area contributed by atoms with Gasteiger partial charge in [0.1, 0.15) is 6.61 Å². The average Bonchev–Trinajstić information content (AvgIpc) is 2.78. The van der Waals surface area contributed by atoms with Crippen LogP contribution >= 0.6 is 12.4 Å². The van der Waals surface area contributed by atoms with Crippen molar-refractivity contribution in [1.82, 2.24) is 10.2 Å². The summed E-state index contributed by atoms with van der Waals surface area (Å²) in [4.78, 5) is 13.2. The van der Waals surface area contributed by atoms with Gasteiger partial charge in [-0.3, -0.25) is 4.79 Å². The van der Waals surface area contributed by atoms with Crippen LogP contribution < -0.4 is 5.32 Å². The Morgan fingerprint density at radius 2 is 2.35 bits per heavy atom. The quantitative estimate of drug-likeness (QED) is 0.712. The summed E-state index contributed by atoms with van der Waals surface area (Å²) in [6.45, 7) is 3.92. The van der Waals surface area contributed by atoms with Crippen LogP contribution in [0, 0.1) is 5.92 Å². The minimum Gasteiger partial charge on any atom is -0.381 e. The van der Waals surface area contributed by atoms with Crippen LogP contribution in [0.4, 0.5) is 0 Å². The molecule has 0 saturated carbocycles. The van der Waals surface area contributed by atoms with Gasteiger partial charge in [0.05, 0.1) is 13.2 Å². The molecule has 5 nitrogen and oxygen atoms in total. The molecule has 6 heteroatoms. The fraction of sp³-hybridized carbons (Fsp3) is 0.909. The van der Waals surface area contributed by atoms with Gasteiger partial charge in [-0.2, -0.15) is 0 Å². The van der Waals surface area contributed by atoms with Crippen molar-refractivity contribution in [3.8, 4) is 0 Å². The van der Waals surface area contributed by atoms with Gasteiger partial charge in [-0.25, -0.2) is 0 Å². The molecule has 0 spiro atoms. The van der Waals surface area contributed by atoms with E-state index in [1.807, 2.05) is 7.05 Å². The third-order valence-corrected chi connectivity index (χ3v) is 2.73. The second kappa shape index (κ2) is 9.65. The van der Waals surface area contributed by atoms with E-state index in [1.165, 1.54) is 0 Å². The topological polar surface area (TPSA) is 50.8 Å². The second-order valence-corrected chi connectivity index (χ2v) is 4.16. The number of halogens is 1. The standard InChI is InChI=1S/C11H22N2O3.ClH/c1-12-4-5-13(2)11(14)9-16-8-10-3-6-15-7-10;/h10,12H,3-9H2,1-2H3;1H. The molecule has 1 rings (SSSR count). The summed E-state index contributed by atoms with van der Waals surface area (Å²) < 4.78 is 10.6. The van der Waals surface area contributed by atoms with Crippen molar-refractivity contribution in [1.29, 1.82) is 0 Å². The molecule has 1 atom stereocenters. The van der Waals surface area contributed by atoms with Crippen molar-refractivity contribution >= 4 is 18.3 Å². The molecular weight excluding hydrogens is 244 g/mol. The smallest absolute Gasteiger partial charge is 0.248 e. The number of likely N-dealkylation sites (N-methyl/N-ethyl adjacent to an activating group) is 2. The number of amides is 1. The van der Waals surface area contributed by atoms with Crippen molar-refractivity contribution in [3.05, 3.63) is 0 Å². The normalized spacial score (nSPS) is 18.8. The van der Waals surface area contributed by atoms with E-state index >= 15 is 0 Å². The van der Waals surface area contributed by atoms with Gasteiger partial charge in [0.25, 0.3) is 0 Å². The highest BCUT2D eigenvalue weighted by Gasteiger charge is 2.16. The molecule has 0 radical (unpaired) electrons. The minimum absolute atomic E-state index is 0. The number of carbonyl (C=O) groups is 1. The number of hydrogen-bond acceptors (Lipinski definition) is 4. The number of ether oxygens (including phenoxy) is 2. The Balaban J connectivity index is 0.00000256. The van der Waals surface area contributed by atoms with Crippen LogP contribution in [0.3, 0.4) is 0 Å². The van der Waals surface area contributed by atoms with E-state index in [-0.39, 0.29) is 24.9 Å². The van der Waals surface area contributed by atoms with E-state index in [0.717, 1.165) is 26.2 Å². The van der Waals surface area contributed by atoms with Crippen LogP contribution in [-0.2, 0) is 14.3 Å².